The van der Waals surface area contributed by atoms with Gasteiger partial charge in [0.25, 0.3) is 15.7 Å². The van der Waals surface area contributed by atoms with E-state index in [0.717, 1.165) is 23.2 Å². The number of hydrogen-bond donors (Lipinski definition) is 1. The predicted octanol–water partition coefficient (Wildman–Crippen LogP) is 2.36. The number of aromatic nitrogens is 2. The SMILES string of the molecule is CCSc1nnc(NS(=O)(=O)c2cccc([N+](=O)[O-])c2)s1. The molecule has 0 saturated heterocycles. The molecule has 11 heteroatoms. The average Bonchev–Trinajstić information content (AvgIpc) is 2.86. The average molecular weight is 346 g/mol. The minimum absolute atomic E-state index is 0.123. The van der Waals surface area contributed by atoms with Crippen molar-refractivity contribution in [2.75, 3.05) is 10.5 Å². The van der Waals surface area contributed by atoms with E-state index in [-0.39, 0.29) is 15.7 Å². The number of sulfonamides is 1. The molecule has 0 radical (unpaired) electrons. The number of nitro benzene ring substituents is 1. The van der Waals surface area contributed by atoms with Gasteiger partial charge in [-0.3, -0.25) is 14.8 Å². The van der Waals surface area contributed by atoms with Crippen molar-refractivity contribution in [3.05, 3.63) is 34.4 Å². The van der Waals surface area contributed by atoms with Crippen LogP contribution in [0.2, 0.25) is 0 Å². The molecule has 1 aromatic heterocycles. The number of nitrogens with zero attached hydrogens (tertiary/aromatic N) is 3. The Morgan fingerprint density at radius 1 is 1.43 bits per heavy atom. The van der Waals surface area contributed by atoms with E-state index in [1.807, 2.05) is 6.92 Å². The zero-order chi connectivity index (χ0) is 15.5. The molecule has 0 unspecified atom stereocenters. The number of nitrogens with one attached hydrogen (secondary N) is 1. The van der Waals surface area contributed by atoms with Crippen molar-refractivity contribution in [1.82, 2.24) is 10.2 Å². The summed E-state index contributed by atoms with van der Waals surface area (Å²) in [5.41, 5.74) is -0.294. The first-order valence-electron chi connectivity index (χ1n) is 5.66. The molecule has 21 heavy (non-hydrogen) atoms. The van der Waals surface area contributed by atoms with Crippen LogP contribution >= 0.6 is 23.1 Å². The van der Waals surface area contributed by atoms with Gasteiger partial charge in [-0.1, -0.05) is 36.1 Å². The number of non-ortho nitro benzene ring substituents is 1. The molecule has 1 N–H and O–H groups in total. The van der Waals surface area contributed by atoms with Crippen LogP contribution in [0.15, 0.2) is 33.5 Å². The van der Waals surface area contributed by atoms with Gasteiger partial charge in [0, 0.05) is 12.1 Å². The van der Waals surface area contributed by atoms with Gasteiger partial charge in [-0.05, 0) is 11.8 Å². The summed E-state index contributed by atoms with van der Waals surface area (Å²) in [7, 11) is -3.93. The summed E-state index contributed by atoms with van der Waals surface area (Å²) in [5, 5.41) is 18.4. The highest BCUT2D eigenvalue weighted by molar-refractivity contribution is 8.01. The highest BCUT2D eigenvalue weighted by Crippen LogP contribution is 2.27. The van der Waals surface area contributed by atoms with Crippen molar-refractivity contribution in [2.45, 2.75) is 16.2 Å². The lowest BCUT2D eigenvalue weighted by atomic mass is 10.3. The molecule has 0 bridgehead atoms. The Morgan fingerprint density at radius 3 is 2.86 bits per heavy atom. The van der Waals surface area contributed by atoms with Gasteiger partial charge in [0.15, 0.2) is 4.34 Å². The van der Waals surface area contributed by atoms with E-state index in [9.17, 15) is 18.5 Å². The maximum absolute atomic E-state index is 12.1. The molecule has 0 aliphatic heterocycles. The van der Waals surface area contributed by atoms with E-state index >= 15 is 0 Å². The molecule has 0 saturated carbocycles. The van der Waals surface area contributed by atoms with Crippen LogP contribution in [0.1, 0.15) is 6.92 Å². The van der Waals surface area contributed by atoms with Crippen LogP contribution < -0.4 is 4.72 Å². The molecular weight excluding hydrogens is 336 g/mol. The zero-order valence-corrected chi connectivity index (χ0v) is 13.2. The van der Waals surface area contributed by atoms with Gasteiger partial charge in [-0.15, -0.1) is 10.2 Å². The lowest BCUT2D eigenvalue weighted by molar-refractivity contribution is -0.385. The lowest BCUT2D eigenvalue weighted by Crippen LogP contribution is -2.13. The normalized spacial score (nSPS) is 11.3. The third-order valence-corrected chi connectivity index (χ3v) is 5.55. The summed E-state index contributed by atoms with van der Waals surface area (Å²) < 4.78 is 27.2. The molecule has 8 nitrogen and oxygen atoms in total. The Hall–Kier alpha value is -1.72. The topological polar surface area (TPSA) is 115 Å². The highest BCUT2D eigenvalue weighted by Gasteiger charge is 2.19. The van der Waals surface area contributed by atoms with Crippen molar-refractivity contribution in [3.63, 3.8) is 0 Å². The largest absolute Gasteiger partial charge is 0.270 e. The number of thioether (sulfide) groups is 1. The molecule has 0 spiro atoms. The van der Waals surface area contributed by atoms with E-state index in [0.29, 0.717) is 4.34 Å². The van der Waals surface area contributed by atoms with Crippen molar-refractivity contribution in [3.8, 4) is 0 Å². The molecule has 0 atom stereocenters. The van der Waals surface area contributed by atoms with Gasteiger partial charge >= 0.3 is 0 Å². The van der Waals surface area contributed by atoms with Gasteiger partial charge in [0.2, 0.25) is 5.13 Å². The Bertz CT molecular complexity index is 759. The predicted molar refractivity (Wildman–Crippen MR) is 80.2 cm³/mol. The van der Waals surface area contributed by atoms with E-state index in [1.165, 1.54) is 30.0 Å². The number of anilines is 1. The van der Waals surface area contributed by atoms with Crippen molar-refractivity contribution < 1.29 is 13.3 Å². The van der Waals surface area contributed by atoms with Crippen LogP contribution in [0.4, 0.5) is 10.8 Å². The summed E-state index contributed by atoms with van der Waals surface area (Å²) in [5.74, 6) is 0.798. The zero-order valence-electron chi connectivity index (χ0n) is 10.7. The summed E-state index contributed by atoms with van der Waals surface area (Å²) in [4.78, 5) is 9.83. The maximum atomic E-state index is 12.1. The van der Waals surface area contributed by atoms with Crippen LogP contribution in [-0.4, -0.2) is 29.3 Å². The Kier molecular flexibility index (Phi) is 4.75. The van der Waals surface area contributed by atoms with E-state index in [2.05, 4.69) is 14.9 Å². The summed E-state index contributed by atoms with van der Waals surface area (Å²) >= 11 is 2.55. The van der Waals surface area contributed by atoms with E-state index in [1.54, 1.807) is 0 Å². The van der Waals surface area contributed by atoms with Gasteiger partial charge < -0.3 is 0 Å². The van der Waals surface area contributed by atoms with Crippen molar-refractivity contribution in [1.29, 1.82) is 0 Å². The molecular formula is C10H10N4O4S3. The van der Waals surface area contributed by atoms with E-state index < -0.39 is 14.9 Å². The maximum Gasteiger partial charge on any atom is 0.270 e. The molecule has 2 aromatic rings. The Balaban J connectivity index is 2.25. The number of benzene rings is 1. The summed E-state index contributed by atoms with van der Waals surface area (Å²) in [6, 6.07) is 4.80. The molecule has 1 heterocycles. The van der Waals surface area contributed by atoms with Gasteiger partial charge in [-0.2, -0.15) is 0 Å². The molecule has 1 aromatic carbocycles. The third kappa shape index (κ3) is 3.89. The second kappa shape index (κ2) is 6.37. The number of rotatable bonds is 6. The first-order chi connectivity index (χ1) is 9.92. The monoisotopic (exact) mass is 346 g/mol. The minimum Gasteiger partial charge on any atom is -0.258 e. The highest BCUT2D eigenvalue weighted by atomic mass is 32.2. The van der Waals surface area contributed by atoms with Gasteiger partial charge in [-0.25, -0.2) is 8.42 Å². The first-order valence-corrected chi connectivity index (χ1v) is 8.94. The first kappa shape index (κ1) is 15.7. The van der Waals surface area contributed by atoms with Gasteiger partial charge in [0.05, 0.1) is 9.82 Å². The number of nitro groups is 1. The molecule has 2 rings (SSSR count). The smallest absolute Gasteiger partial charge is 0.258 e. The Morgan fingerprint density at radius 2 is 2.19 bits per heavy atom. The van der Waals surface area contributed by atoms with Crippen LogP contribution in [-0.2, 0) is 10.0 Å². The fourth-order valence-electron chi connectivity index (χ4n) is 1.37. The molecule has 0 fully saturated rings. The van der Waals surface area contributed by atoms with Crippen LogP contribution in [0, 0.1) is 10.1 Å². The fraction of sp³-hybridized carbons (Fsp3) is 0.200. The standard InChI is InChI=1S/C10H10N4O4S3/c1-2-19-10-12-11-9(20-10)13-21(17,18)8-5-3-4-7(6-8)14(15)16/h3-6H,2H2,1H3,(H,11,13). The second-order valence-corrected chi connectivity index (χ2v) is 7.84. The molecule has 0 aliphatic carbocycles. The quantitative estimate of drug-likeness (QED) is 0.485. The molecule has 0 amide bonds. The lowest BCUT2D eigenvalue weighted by Gasteiger charge is -2.04. The van der Waals surface area contributed by atoms with Gasteiger partial charge in [0.1, 0.15) is 0 Å². The van der Waals surface area contributed by atoms with Crippen molar-refractivity contribution >= 4 is 43.9 Å². The van der Waals surface area contributed by atoms with Crippen LogP contribution in [0.3, 0.4) is 0 Å². The molecule has 112 valence electrons. The Labute approximate surface area is 128 Å². The third-order valence-electron chi connectivity index (χ3n) is 2.23. The fourth-order valence-corrected chi connectivity index (χ4v) is 4.29. The van der Waals surface area contributed by atoms with Crippen LogP contribution in [0.25, 0.3) is 0 Å². The minimum atomic E-state index is -3.93. The van der Waals surface area contributed by atoms with Crippen LogP contribution in [0.5, 0.6) is 0 Å². The summed E-state index contributed by atoms with van der Waals surface area (Å²) in [6.45, 7) is 1.94. The van der Waals surface area contributed by atoms with Crippen molar-refractivity contribution in [2.24, 2.45) is 0 Å². The summed E-state index contributed by atoms with van der Waals surface area (Å²) in [6.07, 6.45) is 0. The second-order valence-electron chi connectivity index (χ2n) is 3.67. The number of hydrogen-bond acceptors (Lipinski definition) is 8. The molecule has 0 aliphatic rings. The van der Waals surface area contributed by atoms with E-state index in [4.69, 9.17) is 0 Å².